The molecule has 3 rings (SSSR count). The maximum absolute atomic E-state index is 12.7. The molecule has 7 heteroatoms. The van der Waals surface area contributed by atoms with Crippen LogP contribution >= 0.6 is 11.6 Å². The van der Waals surface area contributed by atoms with Crippen LogP contribution in [-0.4, -0.2) is 45.8 Å². The topological polar surface area (TPSA) is 64.4 Å². The summed E-state index contributed by atoms with van der Waals surface area (Å²) in [5.74, 6) is -0.208. The van der Waals surface area contributed by atoms with Gasteiger partial charge in [-0.25, -0.2) is 4.79 Å². The highest BCUT2D eigenvalue weighted by atomic mass is 35.5. The molecule has 1 amide bonds. The SMILES string of the molecule is Cc1nn(C)c(Cl)c1C(=O)OC(C)C(=O)N1CCC(Cc2ccccc2)CC1. The first kappa shape index (κ1) is 20.4. The second-order valence-corrected chi connectivity index (χ2v) is 7.74. The molecule has 1 aliphatic rings. The van der Waals surface area contributed by atoms with Gasteiger partial charge in [-0.05, 0) is 44.6 Å². The number of benzene rings is 1. The number of esters is 1. The first-order valence-electron chi connectivity index (χ1n) is 9.59. The van der Waals surface area contributed by atoms with E-state index in [1.165, 1.54) is 10.2 Å². The number of nitrogens with zero attached hydrogens (tertiary/aromatic N) is 3. The minimum atomic E-state index is -0.853. The number of hydrogen-bond donors (Lipinski definition) is 0. The average Bonchev–Trinajstić information content (AvgIpc) is 2.94. The maximum atomic E-state index is 12.7. The number of ether oxygens (including phenoxy) is 1. The van der Waals surface area contributed by atoms with Gasteiger partial charge in [0.2, 0.25) is 0 Å². The molecule has 1 unspecified atom stereocenters. The van der Waals surface area contributed by atoms with Crippen molar-refractivity contribution in [2.75, 3.05) is 13.1 Å². The van der Waals surface area contributed by atoms with Gasteiger partial charge in [0.1, 0.15) is 10.7 Å². The largest absolute Gasteiger partial charge is 0.449 e. The molecule has 1 aromatic heterocycles. The van der Waals surface area contributed by atoms with Gasteiger partial charge in [-0.15, -0.1) is 0 Å². The zero-order valence-electron chi connectivity index (χ0n) is 16.5. The highest BCUT2D eigenvalue weighted by molar-refractivity contribution is 6.32. The minimum absolute atomic E-state index is 0.163. The number of likely N-dealkylation sites (tertiary alicyclic amines) is 1. The van der Waals surface area contributed by atoms with E-state index in [1.807, 2.05) is 6.07 Å². The summed E-state index contributed by atoms with van der Waals surface area (Å²) in [6.07, 6.45) is 2.09. The van der Waals surface area contributed by atoms with E-state index in [9.17, 15) is 9.59 Å². The molecule has 6 nitrogen and oxygen atoms in total. The lowest BCUT2D eigenvalue weighted by Crippen LogP contribution is -2.44. The molecule has 1 saturated heterocycles. The van der Waals surface area contributed by atoms with Crippen LogP contribution < -0.4 is 0 Å². The average molecular weight is 404 g/mol. The van der Waals surface area contributed by atoms with Crippen molar-refractivity contribution < 1.29 is 14.3 Å². The third-order valence-electron chi connectivity index (χ3n) is 5.28. The molecule has 2 heterocycles. The Morgan fingerprint density at radius 2 is 1.89 bits per heavy atom. The molecule has 0 N–H and O–H groups in total. The molecule has 1 fully saturated rings. The summed E-state index contributed by atoms with van der Waals surface area (Å²) < 4.78 is 6.80. The molecule has 1 atom stereocenters. The Morgan fingerprint density at radius 3 is 2.46 bits per heavy atom. The van der Waals surface area contributed by atoms with Crippen molar-refractivity contribution in [2.24, 2.45) is 13.0 Å². The van der Waals surface area contributed by atoms with Crippen molar-refractivity contribution in [1.29, 1.82) is 0 Å². The summed E-state index contributed by atoms with van der Waals surface area (Å²) in [5, 5.41) is 4.32. The molecule has 0 saturated carbocycles. The standard InChI is InChI=1S/C21H26ClN3O3/c1-14-18(19(22)24(3)23-14)21(27)28-15(2)20(26)25-11-9-17(10-12-25)13-16-7-5-4-6-8-16/h4-8,15,17H,9-13H2,1-3H3. The van der Waals surface area contributed by atoms with Gasteiger partial charge in [0, 0.05) is 20.1 Å². The summed E-state index contributed by atoms with van der Waals surface area (Å²) in [5.41, 5.74) is 2.03. The Kier molecular flexibility index (Phi) is 6.39. The first-order chi connectivity index (χ1) is 13.4. The Labute approximate surface area is 170 Å². The molecule has 0 bridgehead atoms. The van der Waals surface area contributed by atoms with E-state index >= 15 is 0 Å². The molecule has 2 aromatic rings. The Morgan fingerprint density at radius 1 is 1.25 bits per heavy atom. The molecule has 1 aromatic carbocycles. The van der Waals surface area contributed by atoms with Crippen LogP contribution in [0.2, 0.25) is 5.15 Å². The van der Waals surface area contributed by atoms with Crippen molar-refractivity contribution >= 4 is 23.5 Å². The number of aromatic nitrogens is 2. The first-order valence-corrected chi connectivity index (χ1v) is 9.97. The number of amides is 1. The number of carbonyl (C=O) groups excluding carboxylic acids is 2. The van der Waals surface area contributed by atoms with Crippen LogP contribution in [0.1, 0.15) is 41.4 Å². The molecular weight excluding hydrogens is 378 g/mol. The lowest BCUT2D eigenvalue weighted by atomic mass is 9.90. The van der Waals surface area contributed by atoms with Crippen LogP contribution in [0, 0.1) is 12.8 Å². The van der Waals surface area contributed by atoms with Gasteiger partial charge < -0.3 is 9.64 Å². The van der Waals surface area contributed by atoms with Crippen molar-refractivity contribution in [3.63, 3.8) is 0 Å². The summed E-state index contributed by atoms with van der Waals surface area (Å²) in [6, 6.07) is 10.4. The van der Waals surface area contributed by atoms with E-state index in [2.05, 4.69) is 29.4 Å². The van der Waals surface area contributed by atoms with Gasteiger partial charge in [-0.3, -0.25) is 9.48 Å². The second kappa shape index (κ2) is 8.78. The fourth-order valence-corrected chi connectivity index (χ4v) is 3.95. The number of aryl methyl sites for hydroxylation is 2. The van der Waals surface area contributed by atoms with Crippen molar-refractivity contribution in [3.8, 4) is 0 Å². The summed E-state index contributed by atoms with van der Waals surface area (Å²) in [6.45, 7) is 4.66. The molecule has 0 spiro atoms. The van der Waals surface area contributed by atoms with E-state index in [0.717, 1.165) is 19.3 Å². The third-order valence-corrected chi connectivity index (χ3v) is 5.71. The Balaban J connectivity index is 1.52. The summed E-state index contributed by atoms with van der Waals surface area (Å²) in [7, 11) is 1.65. The monoisotopic (exact) mass is 403 g/mol. The van der Waals surface area contributed by atoms with Crippen LogP contribution in [0.3, 0.4) is 0 Å². The van der Waals surface area contributed by atoms with Crippen LogP contribution in [-0.2, 0) is 23.0 Å². The summed E-state index contributed by atoms with van der Waals surface area (Å²) in [4.78, 5) is 26.9. The van der Waals surface area contributed by atoms with Crippen LogP contribution in [0.4, 0.5) is 0 Å². The van der Waals surface area contributed by atoms with E-state index in [0.29, 0.717) is 24.7 Å². The lowest BCUT2D eigenvalue weighted by molar-refractivity contribution is -0.141. The molecular formula is C21H26ClN3O3. The third kappa shape index (κ3) is 4.55. The number of rotatable bonds is 5. The van der Waals surface area contributed by atoms with E-state index < -0.39 is 12.1 Å². The van der Waals surface area contributed by atoms with E-state index in [-0.39, 0.29) is 16.6 Å². The van der Waals surface area contributed by atoms with Gasteiger partial charge in [-0.2, -0.15) is 5.10 Å². The fourth-order valence-electron chi connectivity index (χ4n) is 3.69. The number of piperidine rings is 1. The maximum Gasteiger partial charge on any atom is 0.343 e. The van der Waals surface area contributed by atoms with Gasteiger partial charge in [0.15, 0.2) is 6.10 Å². The number of hydrogen-bond acceptors (Lipinski definition) is 4. The molecule has 0 radical (unpaired) electrons. The predicted molar refractivity (Wildman–Crippen MR) is 107 cm³/mol. The van der Waals surface area contributed by atoms with Crippen LogP contribution in [0.5, 0.6) is 0 Å². The van der Waals surface area contributed by atoms with Gasteiger partial charge >= 0.3 is 5.97 Å². The summed E-state index contributed by atoms with van der Waals surface area (Å²) >= 11 is 6.11. The molecule has 1 aliphatic heterocycles. The second-order valence-electron chi connectivity index (χ2n) is 7.38. The van der Waals surface area contributed by atoms with Crippen LogP contribution in [0.25, 0.3) is 0 Å². The molecule has 28 heavy (non-hydrogen) atoms. The quantitative estimate of drug-likeness (QED) is 0.717. The van der Waals surface area contributed by atoms with Crippen molar-refractivity contribution in [2.45, 2.75) is 39.2 Å². The minimum Gasteiger partial charge on any atom is -0.449 e. The van der Waals surface area contributed by atoms with Gasteiger partial charge in [0.25, 0.3) is 5.91 Å². The van der Waals surface area contributed by atoms with E-state index in [1.54, 1.807) is 25.8 Å². The normalized spacial score (nSPS) is 16.1. The Bertz CT molecular complexity index is 842. The van der Waals surface area contributed by atoms with Crippen LogP contribution in [0.15, 0.2) is 30.3 Å². The number of carbonyl (C=O) groups is 2. The van der Waals surface area contributed by atoms with E-state index in [4.69, 9.17) is 16.3 Å². The van der Waals surface area contributed by atoms with Crippen molar-refractivity contribution in [3.05, 3.63) is 52.3 Å². The predicted octanol–water partition coefficient (Wildman–Crippen LogP) is 3.41. The molecule has 0 aliphatic carbocycles. The highest BCUT2D eigenvalue weighted by Gasteiger charge is 2.30. The zero-order chi connectivity index (χ0) is 20.3. The van der Waals surface area contributed by atoms with Gasteiger partial charge in [-0.1, -0.05) is 41.9 Å². The number of halogens is 1. The lowest BCUT2D eigenvalue weighted by Gasteiger charge is -2.33. The Hall–Kier alpha value is -2.34. The highest BCUT2D eigenvalue weighted by Crippen LogP contribution is 2.23. The van der Waals surface area contributed by atoms with Gasteiger partial charge in [0.05, 0.1) is 5.69 Å². The molecule has 150 valence electrons. The van der Waals surface area contributed by atoms with Crippen molar-refractivity contribution in [1.82, 2.24) is 14.7 Å². The fraction of sp³-hybridized carbons (Fsp3) is 0.476. The smallest absolute Gasteiger partial charge is 0.343 e. The zero-order valence-corrected chi connectivity index (χ0v) is 17.3.